The first-order valence-corrected chi connectivity index (χ1v) is 8.02. The van der Waals surface area contributed by atoms with E-state index < -0.39 is 32.2 Å². The van der Waals surface area contributed by atoms with Crippen LogP contribution in [-0.4, -0.2) is 8.42 Å². The summed E-state index contributed by atoms with van der Waals surface area (Å²) in [7, 11) is -4.22. The molecule has 0 aliphatic carbocycles. The molecule has 0 spiro atoms. The highest BCUT2D eigenvalue weighted by Crippen LogP contribution is 2.28. The molecule has 0 saturated carbocycles. The molecule has 8 heteroatoms. The SMILES string of the molecule is Cc1ccc(Br)c(NS(=O)(=O)c2cc(N)c(F)cc2F)c1. The van der Waals surface area contributed by atoms with Gasteiger partial charge in [0.15, 0.2) is 0 Å². The van der Waals surface area contributed by atoms with Crippen LogP contribution >= 0.6 is 15.9 Å². The fourth-order valence-electron chi connectivity index (χ4n) is 1.67. The molecule has 0 aliphatic rings. The second kappa shape index (κ2) is 5.61. The summed E-state index contributed by atoms with van der Waals surface area (Å²) in [4.78, 5) is -0.713. The Balaban J connectivity index is 2.48. The van der Waals surface area contributed by atoms with E-state index in [9.17, 15) is 17.2 Å². The number of hydrogen-bond donors (Lipinski definition) is 2. The van der Waals surface area contributed by atoms with Gasteiger partial charge in [-0.15, -0.1) is 0 Å². The Bertz CT molecular complexity index is 810. The minimum atomic E-state index is -4.22. The van der Waals surface area contributed by atoms with Gasteiger partial charge in [0, 0.05) is 10.5 Å². The summed E-state index contributed by atoms with van der Waals surface area (Å²) in [5.74, 6) is -2.22. The highest BCUT2D eigenvalue weighted by atomic mass is 79.9. The number of halogens is 3. The van der Waals surface area contributed by atoms with Crippen molar-refractivity contribution in [3.05, 3.63) is 52.0 Å². The Morgan fingerprint density at radius 1 is 1.14 bits per heavy atom. The predicted molar refractivity (Wildman–Crippen MR) is 80.5 cm³/mol. The van der Waals surface area contributed by atoms with Crippen molar-refractivity contribution in [3.8, 4) is 0 Å². The Morgan fingerprint density at radius 3 is 2.48 bits per heavy atom. The van der Waals surface area contributed by atoms with Gasteiger partial charge in [-0.3, -0.25) is 4.72 Å². The van der Waals surface area contributed by atoms with Crippen molar-refractivity contribution in [2.45, 2.75) is 11.8 Å². The van der Waals surface area contributed by atoms with Crippen LogP contribution in [0.3, 0.4) is 0 Å². The molecule has 2 aromatic carbocycles. The summed E-state index contributed by atoms with van der Waals surface area (Å²) in [6.45, 7) is 1.78. The van der Waals surface area contributed by atoms with Crippen LogP contribution < -0.4 is 10.5 Å². The lowest BCUT2D eigenvalue weighted by molar-refractivity contribution is 0.553. The van der Waals surface area contributed by atoms with Gasteiger partial charge in [0.1, 0.15) is 16.5 Å². The highest BCUT2D eigenvalue weighted by molar-refractivity contribution is 9.10. The van der Waals surface area contributed by atoms with Crippen LogP contribution in [0.4, 0.5) is 20.2 Å². The van der Waals surface area contributed by atoms with Crippen molar-refractivity contribution in [2.24, 2.45) is 0 Å². The summed E-state index contributed by atoms with van der Waals surface area (Å²) in [6, 6.07) is 6.19. The van der Waals surface area contributed by atoms with Crippen LogP contribution in [0, 0.1) is 18.6 Å². The normalized spacial score (nSPS) is 11.4. The monoisotopic (exact) mass is 376 g/mol. The van der Waals surface area contributed by atoms with Gasteiger partial charge in [-0.1, -0.05) is 6.07 Å². The number of rotatable bonds is 3. The molecule has 0 radical (unpaired) electrons. The molecule has 4 nitrogen and oxygen atoms in total. The maximum atomic E-state index is 13.7. The number of sulfonamides is 1. The second-order valence-corrected chi connectivity index (χ2v) is 6.90. The van der Waals surface area contributed by atoms with Crippen molar-refractivity contribution in [1.82, 2.24) is 0 Å². The smallest absolute Gasteiger partial charge is 0.264 e. The Hall–Kier alpha value is -1.67. The van der Waals surface area contributed by atoms with E-state index in [1.54, 1.807) is 25.1 Å². The topological polar surface area (TPSA) is 72.2 Å². The van der Waals surface area contributed by atoms with Gasteiger partial charge in [0.05, 0.1) is 11.4 Å². The zero-order valence-corrected chi connectivity index (χ0v) is 13.2. The highest BCUT2D eigenvalue weighted by Gasteiger charge is 2.22. The van der Waals surface area contributed by atoms with E-state index in [-0.39, 0.29) is 5.69 Å². The average molecular weight is 377 g/mol. The average Bonchev–Trinajstić information content (AvgIpc) is 2.37. The van der Waals surface area contributed by atoms with Gasteiger partial charge >= 0.3 is 0 Å². The number of anilines is 2. The van der Waals surface area contributed by atoms with E-state index in [4.69, 9.17) is 5.73 Å². The van der Waals surface area contributed by atoms with E-state index in [1.165, 1.54) is 0 Å². The fraction of sp³-hybridized carbons (Fsp3) is 0.0769. The molecule has 0 atom stereocenters. The largest absolute Gasteiger partial charge is 0.396 e. The Kier molecular flexibility index (Phi) is 4.20. The summed E-state index contributed by atoms with van der Waals surface area (Å²) in [6.07, 6.45) is 0. The maximum absolute atomic E-state index is 13.7. The summed E-state index contributed by atoms with van der Waals surface area (Å²) >= 11 is 3.19. The number of benzene rings is 2. The molecule has 0 saturated heterocycles. The predicted octanol–water partition coefficient (Wildman–Crippen LogP) is 3.42. The number of aryl methyl sites for hydroxylation is 1. The third-order valence-electron chi connectivity index (χ3n) is 2.71. The third kappa shape index (κ3) is 3.33. The molecule has 0 amide bonds. The summed E-state index contributed by atoms with van der Waals surface area (Å²) in [5.41, 5.74) is 5.91. The number of nitrogens with two attached hydrogens (primary N) is 1. The third-order valence-corrected chi connectivity index (χ3v) is 4.78. The lowest BCUT2D eigenvalue weighted by Gasteiger charge is -2.12. The first kappa shape index (κ1) is 15.7. The molecule has 0 aromatic heterocycles. The zero-order valence-electron chi connectivity index (χ0n) is 10.8. The maximum Gasteiger partial charge on any atom is 0.264 e. The molecule has 3 N–H and O–H groups in total. The van der Waals surface area contributed by atoms with Gasteiger partial charge in [-0.05, 0) is 46.6 Å². The van der Waals surface area contributed by atoms with Crippen LogP contribution in [0.25, 0.3) is 0 Å². The van der Waals surface area contributed by atoms with E-state index in [1.807, 2.05) is 0 Å². The molecule has 112 valence electrons. The van der Waals surface area contributed by atoms with Crippen molar-refractivity contribution >= 4 is 37.3 Å². The molecule has 0 bridgehead atoms. The van der Waals surface area contributed by atoms with Gasteiger partial charge < -0.3 is 5.73 Å². The van der Waals surface area contributed by atoms with Gasteiger partial charge in [0.2, 0.25) is 0 Å². The lowest BCUT2D eigenvalue weighted by atomic mass is 10.2. The minimum Gasteiger partial charge on any atom is -0.396 e. The standard InChI is InChI=1S/C13H11BrF2N2O2S/c1-7-2-3-8(14)12(4-7)18-21(19,20)13-6-11(17)9(15)5-10(13)16/h2-6,18H,17H2,1H3. The molecule has 0 heterocycles. The van der Waals surface area contributed by atoms with E-state index in [0.29, 0.717) is 10.5 Å². The summed E-state index contributed by atoms with van der Waals surface area (Å²) in [5, 5.41) is 0. The van der Waals surface area contributed by atoms with E-state index in [0.717, 1.165) is 11.6 Å². The molecule has 2 aromatic rings. The fourth-order valence-corrected chi connectivity index (χ4v) is 3.31. The van der Waals surface area contributed by atoms with Crippen molar-refractivity contribution < 1.29 is 17.2 Å². The molecule has 0 fully saturated rings. The van der Waals surface area contributed by atoms with Crippen molar-refractivity contribution in [2.75, 3.05) is 10.5 Å². The van der Waals surface area contributed by atoms with Gasteiger partial charge in [0.25, 0.3) is 10.0 Å². The van der Waals surface area contributed by atoms with E-state index >= 15 is 0 Å². The van der Waals surface area contributed by atoms with Crippen molar-refractivity contribution in [1.29, 1.82) is 0 Å². The lowest BCUT2D eigenvalue weighted by Crippen LogP contribution is -2.16. The van der Waals surface area contributed by atoms with E-state index in [2.05, 4.69) is 20.7 Å². The molecule has 0 aliphatic heterocycles. The first-order valence-electron chi connectivity index (χ1n) is 5.74. The first-order chi connectivity index (χ1) is 9.70. The molecular formula is C13H11BrF2N2O2S. The number of nitrogen functional groups attached to an aromatic ring is 1. The Morgan fingerprint density at radius 2 is 1.81 bits per heavy atom. The van der Waals surface area contributed by atoms with Crippen molar-refractivity contribution in [3.63, 3.8) is 0 Å². The van der Waals surface area contributed by atoms with Crippen LogP contribution in [0.2, 0.25) is 0 Å². The summed E-state index contributed by atoms with van der Waals surface area (Å²) < 4.78 is 53.9. The van der Waals surface area contributed by atoms with Gasteiger partial charge in [-0.2, -0.15) is 0 Å². The molecular weight excluding hydrogens is 366 g/mol. The van der Waals surface area contributed by atoms with Crippen LogP contribution in [0.1, 0.15) is 5.56 Å². The van der Waals surface area contributed by atoms with Crippen LogP contribution in [0.15, 0.2) is 39.7 Å². The molecule has 21 heavy (non-hydrogen) atoms. The van der Waals surface area contributed by atoms with Crippen LogP contribution in [-0.2, 0) is 10.0 Å². The minimum absolute atomic E-state index is 0.247. The quantitative estimate of drug-likeness (QED) is 0.806. The Labute approximate surface area is 129 Å². The second-order valence-electron chi connectivity index (χ2n) is 4.39. The molecule has 0 unspecified atom stereocenters. The number of nitrogens with one attached hydrogen (secondary N) is 1. The van der Waals surface area contributed by atoms with Gasteiger partial charge in [-0.25, -0.2) is 17.2 Å². The molecule has 2 rings (SSSR count). The number of hydrogen-bond acceptors (Lipinski definition) is 3. The zero-order chi connectivity index (χ0) is 15.8. The van der Waals surface area contributed by atoms with Crippen LogP contribution in [0.5, 0.6) is 0 Å².